The quantitative estimate of drug-likeness (QED) is 0.116. The van der Waals surface area contributed by atoms with Crippen LogP contribution in [-0.2, 0) is 0 Å². The Balaban J connectivity index is 1.01. The topological polar surface area (TPSA) is 23.0 Å². The maximum Gasteiger partial charge on any atom is 0.179 e. The molecule has 0 atom stereocenters. The Hall–Kier alpha value is -8.18. The Kier molecular flexibility index (Phi) is 8.23. The van der Waals surface area contributed by atoms with Crippen LogP contribution in [0.25, 0.3) is 88.1 Å². The molecule has 0 radical (unpaired) electrons. The van der Waals surface area contributed by atoms with E-state index in [-0.39, 0.29) is 0 Å². The molecule has 13 aromatic rings. The molecule has 0 aliphatic rings. The fraction of sp³-hybridized carbons (Fsp3) is 0. The zero-order valence-electron chi connectivity index (χ0n) is 34.9. The summed E-state index contributed by atoms with van der Waals surface area (Å²) in [5, 5.41) is 12.5. The number of furan rings is 1. The van der Waals surface area contributed by atoms with E-state index in [1.807, 2.05) is 0 Å². The maximum atomic E-state index is 7.04. The molecule has 0 fully saturated rings. The van der Waals surface area contributed by atoms with Crippen molar-refractivity contribution in [3.8, 4) is 22.5 Å². The first kappa shape index (κ1) is 36.5. The van der Waals surface area contributed by atoms with Crippen LogP contribution in [0.4, 0.5) is 0 Å². The summed E-state index contributed by atoms with van der Waals surface area (Å²) < 4.78 is 11.8. The molecule has 0 bridgehead atoms. The van der Waals surface area contributed by atoms with Crippen molar-refractivity contribution >= 4 is 94.4 Å². The lowest BCUT2D eigenvalue weighted by atomic mass is 9.99. The standard InChI is InChI=1S/C60H40N2OSi/c1-4-20-43(21-5-1)64(44-22-6-2-7-23-44,45-24-8-3-9-25-45)46-26-16-19-41(39-46)47-30-18-36-58-59(47)51-31-17-35-57(60(51)63-58)62-55-34-15-12-29-50(55)52-40-42(37-38-56(52)62)61-53-32-13-10-27-48(53)49-28-11-14-33-54(49)61/h1-40H. The van der Waals surface area contributed by atoms with Gasteiger partial charge < -0.3 is 13.6 Å². The summed E-state index contributed by atoms with van der Waals surface area (Å²) in [6, 6.07) is 89.0. The van der Waals surface area contributed by atoms with Gasteiger partial charge in [0, 0.05) is 38.0 Å². The monoisotopic (exact) mass is 832 g/mol. The van der Waals surface area contributed by atoms with Gasteiger partial charge in [0.15, 0.2) is 13.7 Å². The fourth-order valence-corrected chi connectivity index (χ4v) is 15.6. The first-order chi connectivity index (χ1) is 31.8. The van der Waals surface area contributed by atoms with Crippen LogP contribution in [0.3, 0.4) is 0 Å². The van der Waals surface area contributed by atoms with Crippen LogP contribution < -0.4 is 20.7 Å². The Morgan fingerprint density at radius 1 is 0.328 bits per heavy atom. The molecule has 4 heteroatoms. The summed E-state index contributed by atoms with van der Waals surface area (Å²) in [6.45, 7) is 0. The zero-order valence-corrected chi connectivity index (χ0v) is 35.9. The molecule has 0 spiro atoms. The number of nitrogens with zero attached hydrogens (tertiary/aromatic N) is 2. The number of para-hydroxylation sites is 4. The summed E-state index contributed by atoms with van der Waals surface area (Å²) in [4.78, 5) is 0. The van der Waals surface area contributed by atoms with Gasteiger partial charge in [-0.1, -0.05) is 194 Å². The molecule has 0 amide bonds. The summed E-state index contributed by atoms with van der Waals surface area (Å²) in [5.74, 6) is 0. The largest absolute Gasteiger partial charge is 0.454 e. The predicted octanol–water partition coefficient (Wildman–Crippen LogP) is 12.8. The molecule has 0 N–H and O–H groups in total. The molecule has 0 aliphatic heterocycles. The highest BCUT2D eigenvalue weighted by Crippen LogP contribution is 2.42. The smallest absolute Gasteiger partial charge is 0.179 e. The van der Waals surface area contributed by atoms with Gasteiger partial charge in [-0.05, 0) is 80.4 Å². The van der Waals surface area contributed by atoms with Gasteiger partial charge in [-0.2, -0.15) is 0 Å². The van der Waals surface area contributed by atoms with Crippen LogP contribution in [0.2, 0.25) is 0 Å². The molecule has 3 aromatic heterocycles. The summed E-state index contributed by atoms with van der Waals surface area (Å²) in [7, 11) is -2.74. The van der Waals surface area contributed by atoms with Crippen molar-refractivity contribution in [2.45, 2.75) is 0 Å². The van der Waals surface area contributed by atoms with Crippen LogP contribution in [-0.4, -0.2) is 17.2 Å². The first-order valence-corrected chi connectivity index (χ1v) is 24.0. The van der Waals surface area contributed by atoms with E-state index < -0.39 is 8.07 Å². The van der Waals surface area contributed by atoms with Crippen molar-refractivity contribution in [2.75, 3.05) is 0 Å². The number of hydrogen-bond acceptors (Lipinski definition) is 1. The van der Waals surface area contributed by atoms with Gasteiger partial charge in [-0.3, -0.25) is 0 Å². The van der Waals surface area contributed by atoms with Crippen molar-refractivity contribution in [3.63, 3.8) is 0 Å². The molecule has 64 heavy (non-hydrogen) atoms. The molecule has 13 rings (SSSR count). The van der Waals surface area contributed by atoms with E-state index >= 15 is 0 Å². The Labute approximate surface area is 371 Å². The summed E-state index contributed by atoms with van der Waals surface area (Å²) in [5.41, 5.74) is 10.9. The van der Waals surface area contributed by atoms with Gasteiger partial charge in [0.25, 0.3) is 0 Å². The van der Waals surface area contributed by atoms with Gasteiger partial charge in [0.2, 0.25) is 0 Å². The highest BCUT2D eigenvalue weighted by Gasteiger charge is 2.41. The van der Waals surface area contributed by atoms with Crippen molar-refractivity contribution in [3.05, 3.63) is 243 Å². The normalized spacial score (nSPS) is 12.1. The molecule has 0 unspecified atom stereocenters. The zero-order chi connectivity index (χ0) is 42.2. The van der Waals surface area contributed by atoms with Crippen molar-refractivity contribution in [1.82, 2.24) is 9.13 Å². The molecule has 0 aliphatic carbocycles. The number of aromatic nitrogens is 2. The SMILES string of the molecule is c1ccc([Si](c2ccccc2)(c2ccccc2)c2cccc(-c3cccc4oc5c(-n6c7ccccc7c7cc(-n8c9ccccc9c9ccccc98)ccc76)cccc5c34)c2)cc1. The van der Waals surface area contributed by atoms with Crippen LogP contribution in [0.5, 0.6) is 0 Å². The van der Waals surface area contributed by atoms with E-state index in [1.165, 1.54) is 58.9 Å². The lowest BCUT2D eigenvalue weighted by Crippen LogP contribution is -2.74. The Bertz CT molecular complexity index is 3750. The minimum atomic E-state index is -2.74. The molecule has 0 saturated carbocycles. The van der Waals surface area contributed by atoms with Crippen LogP contribution in [0.1, 0.15) is 0 Å². The second-order valence-corrected chi connectivity index (χ2v) is 20.6. The van der Waals surface area contributed by atoms with Crippen molar-refractivity contribution in [1.29, 1.82) is 0 Å². The predicted molar refractivity (Wildman–Crippen MR) is 271 cm³/mol. The van der Waals surface area contributed by atoms with E-state index in [0.29, 0.717) is 0 Å². The van der Waals surface area contributed by atoms with E-state index in [2.05, 4.69) is 252 Å². The van der Waals surface area contributed by atoms with E-state index in [0.717, 1.165) is 49.9 Å². The molecule has 10 aromatic carbocycles. The summed E-state index contributed by atoms with van der Waals surface area (Å²) >= 11 is 0. The van der Waals surface area contributed by atoms with Gasteiger partial charge in [0.05, 0.1) is 27.8 Å². The number of hydrogen-bond donors (Lipinski definition) is 0. The lowest BCUT2D eigenvalue weighted by molar-refractivity contribution is 0.666. The van der Waals surface area contributed by atoms with Gasteiger partial charge in [-0.15, -0.1) is 0 Å². The molecule has 0 saturated heterocycles. The third-order valence-electron chi connectivity index (χ3n) is 13.5. The fourth-order valence-electron chi connectivity index (χ4n) is 10.8. The molecular formula is C60H40N2OSi. The van der Waals surface area contributed by atoms with Gasteiger partial charge in [0.1, 0.15) is 5.58 Å². The highest BCUT2D eigenvalue weighted by molar-refractivity contribution is 7.19. The first-order valence-electron chi connectivity index (χ1n) is 22.0. The Morgan fingerprint density at radius 3 is 1.44 bits per heavy atom. The van der Waals surface area contributed by atoms with Crippen molar-refractivity contribution < 1.29 is 4.42 Å². The summed E-state index contributed by atoms with van der Waals surface area (Å²) in [6.07, 6.45) is 0. The second kappa shape index (κ2) is 14.5. The molecular weight excluding hydrogens is 793 g/mol. The molecule has 300 valence electrons. The van der Waals surface area contributed by atoms with Gasteiger partial charge >= 0.3 is 0 Å². The van der Waals surface area contributed by atoms with Crippen LogP contribution in [0.15, 0.2) is 247 Å². The lowest BCUT2D eigenvalue weighted by Gasteiger charge is -2.34. The number of rotatable bonds is 7. The average molecular weight is 833 g/mol. The highest BCUT2D eigenvalue weighted by atomic mass is 28.3. The maximum absolute atomic E-state index is 7.04. The van der Waals surface area contributed by atoms with Crippen LogP contribution in [0, 0.1) is 0 Å². The molecule has 3 heterocycles. The third-order valence-corrected chi connectivity index (χ3v) is 18.2. The minimum Gasteiger partial charge on any atom is -0.454 e. The molecule has 3 nitrogen and oxygen atoms in total. The van der Waals surface area contributed by atoms with E-state index in [9.17, 15) is 0 Å². The number of fused-ring (bicyclic) bond motifs is 9. The average Bonchev–Trinajstić information content (AvgIpc) is 4.03. The minimum absolute atomic E-state index is 0.872. The van der Waals surface area contributed by atoms with E-state index in [1.54, 1.807) is 0 Å². The van der Waals surface area contributed by atoms with Gasteiger partial charge in [-0.25, -0.2) is 0 Å². The third kappa shape index (κ3) is 5.33. The number of benzene rings is 10. The van der Waals surface area contributed by atoms with E-state index in [4.69, 9.17) is 4.42 Å². The van der Waals surface area contributed by atoms with Crippen molar-refractivity contribution in [2.24, 2.45) is 0 Å². The van der Waals surface area contributed by atoms with Crippen LogP contribution >= 0.6 is 0 Å². The second-order valence-electron chi connectivity index (χ2n) is 16.8. The Morgan fingerprint density at radius 2 is 0.812 bits per heavy atom.